The summed E-state index contributed by atoms with van der Waals surface area (Å²) >= 11 is 0. The number of H-pyrrole nitrogens is 1. The summed E-state index contributed by atoms with van der Waals surface area (Å²) in [6, 6.07) is 11.7. The fourth-order valence-electron chi connectivity index (χ4n) is 4.13. The van der Waals surface area contributed by atoms with Crippen molar-refractivity contribution in [2.45, 2.75) is 13.0 Å². The monoisotopic (exact) mass is 418 g/mol. The quantitative estimate of drug-likeness (QED) is 0.545. The molecule has 0 spiro atoms. The van der Waals surface area contributed by atoms with E-state index in [0.29, 0.717) is 13.2 Å². The van der Waals surface area contributed by atoms with Crippen LogP contribution in [0.25, 0.3) is 22.2 Å². The van der Waals surface area contributed by atoms with Crippen LogP contribution in [0.5, 0.6) is 0 Å². The lowest BCUT2D eigenvalue weighted by Gasteiger charge is -2.28. The first-order valence-corrected chi connectivity index (χ1v) is 10.4. The van der Waals surface area contributed by atoms with Gasteiger partial charge in [0, 0.05) is 42.5 Å². The maximum atomic E-state index is 13.6. The van der Waals surface area contributed by atoms with Crippen LogP contribution in [-0.2, 0) is 4.74 Å². The zero-order valence-corrected chi connectivity index (χ0v) is 17.2. The van der Waals surface area contributed by atoms with Gasteiger partial charge in [-0.3, -0.25) is 4.79 Å². The van der Waals surface area contributed by atoms with Gasteiger partial charge >= 0.3 is 0 Å². The Labute approximate surface area is 178 Å². The van der Waals surface area contributed by atoms with E-state index in [0.717, 1.165) is 46.5 Å². The number of hydrogen-bond donors (Lipinski definition) is 1. The summed E-state index contributed by atoms with van der Waals surface area (Å²) in [5.74, 6) is -0.309. The molecule has 31 heavy (non-hydrogen) atoms. The van der Waals surface area contributed by atoms with Crippen LogP contribution >= 0.6 is 0 Å². The third-order valence-electron chi connectivity index (χ3n) is 5.90. The smallest absolute Gasteiger partial charge is 0.251 e. The molecule has 1 unspecified atom stereocenters. The molecule has 0 bridgehead atoms. The highest BCUT2D eigenvalue weighted by Gasteiger charge is 2.16. The van der Waals surface area contributed by atoms with Gasteiger partial charge in [-0.25, -0.2) is 9.37 Å². The number of morpholine rings is 1. The molecule has 1 saturated heterocycles. The number of benzene rings is 1. The number of halogens is 1. The molecular formula is C24H23FN4O2. The van der Waals surface area contributed by atoms with Crippen LogP contribution in [0.3, 0.4) is 0 Å². The van der Waals surface area contributed by atoms with Gasteiger partial charge in [0.2, 0.25) is 0 Å². The third-order valence-corrected chi connectivity index (χ3v) is 5.90. The van der Waals surface area contributed by atoms with E-state index in [1.807, 2.05) is 31.5 Å². The molecule has 3 aromatic heterocycles. The van der Waals surface area contributed by atoms with Crippen molar-refractivity contribution < 1.29 is 9.13 Å². The molecule has 0 amide bonds. The first-order chi connectivity index (χ1) is 15.1. The van der Waals surface area contributed by atoms with Crippen molar-refractivity contribution >= 4 is 16.7 Å². The molecule has 4 aromatic rings. The number of aromatic amines is 1. The Morgan fingerprint density at radius 2 is 2.00 bits per heavy atom. The van der Waals surface area contributed by atoms with Crippen molar-refractivity contribution in [3.8, 4) is 11.1 Å². The molecule has 0 aliphatic carbocycles. The molecule has 1 aliphatic rings. The van der Waals surface area contributed by atoms with Gasteiger partial charge in [-0.2, -0.15) is 0 Å². The summed E-state index contributed by atoms with van der Waals surface area (Å²) in [4.78, 5) is 22.9. The summed E-state index contributed by atoms with van der Waals surface area (Å²) in [5, 5.41) is 0.972. The van der Waals surface area contributed by atoms with Crippen molar-refractivity contribution in [3.05, 3.63) is 82.8 Å². The Bertz CT molecular complexity index is 1290. The Balaban J connectivity index is 1.50. The van der Waals surface area contributed by atoms with Crippen LogP contribution in [0.4, 0.5) is 10.1 Å². The van der Waals surface area contributed by atoms with E-state index in [1.54, 1.807) is 22.9 Å². The SMILES string of the molecule is CC(c1cccc(F)c1)n1ccc(-c2c[nH]c3ncc(N4CCOCC4)cc23)cc1=O. The summed E-state index contributed by atoms with van der Waals surface area (Å²) in [5.41, 5.74) is 4.19. The normalized spacial score (nSPS) is 15.4. The average molecular weight is 418 g/mol. The second-order valence-corrected chi connectivity index (χ2v) is 7.78. The second kappa shape index (κ2) is 8.00. The predicted octanol–water partition coefficient (Wildman–Crippen LogP) is 3.98. The minimum absolute atomic E-state index is 0.138. The first kappa shape index (κ1) is 19.5. The van der Waals surface area contributed by atoms with Gasteiger partial charge in [-0.15, -0.1) is 0 Å². The molecule has 4 heterocycles. The highest BCUT2D eigenvalue weighted by Crippen LogP contribution is 2.30. The lowest BCUT2D eigenvalue weighted by molar-refractivity contribution is 0.122. The molecule has 1 atom stereocenters. The topological polar surface area (TPSA) is 63.1 Å². The van der Waals surface area contributed by atoms with Crippen LogP contribution < -0.4 is 10.5 Å². The second-order valence-electron chi connectivity index (χ2n) is 7.78. The molecular weight excluding hydrogens is 395 g/mol. The largest absolute Gasteiger partial charge is 0.378 e. The van der Waals surface area contributed by atoms with Crippen molar-refractivity contribution in [2.75, 3.05) is 31.2 Å². The zero-order valence-electron chi connectivity index (χ0n) is 17.2. The lowest BCUT2D eigenvalue weighted by atomic mass is 10.1. The number of anilines is 1. The van der Waals surface area contributed by atoms with Crippen LogP contribution in [0.2, 0.25) is 0 Å². The number of ether oxygens (including phenoxy) is 1. The third kappa shape index (κ3) is 3.72. The first-order valence-electron chi connectivity index (χ1n) is 10.4. The van der Waals surface area contributed by atoms with E-state index in [-0.39, 0.29) is 17.4 Å². The maximum absolute atomic E-state index is 13.6. The number of aromatic nitrogens is 3. The van der Waals surface area contributed by atoms with E-state index >= 15 is 0 Å². The number of rotatable bonds is 4. The molecule has 1 fully saturated rings. The van der Waals surface area contributed by atoms with E-state index in [9.17, 15) is 9.18 Å². The minimum Gasteiger partial charge on any atom is -0.378 e. The molecule has 6 nitrogen and oxygen atoms in total. The van der Waals surface area contributed by atoms with Crippen molar-refractivity contribution in [1.29, 1.82) is 0 Å². The predicted molar refractivity (Wildman–Crippen MR) is 119 cm³/mol. The van der Waals surface area contributed by atoms with Gasteiger partial charge in [0.15, 0.2) is 0 Å². The Kier molecular flexibility index (Phi) is 5.03. The summed E-state index contributed by atoms with van der Waals surface area (Å²) in [6.07, 6.45) is 5.52. The van der Waals surface area contributed by atoms with E-state index < -0.39 is 0 Å². The molecule has 7 heteroatoms. The number of hydrogen-bond acceptors (Lipinski definition) is 4. The van der Waals surface area contributed by atoms with E-state index in [2.05, 4.69) is 20.9 Å². The lowest BCUT2D eigenvalue weighted by Crippen LogP contribution is -2.36. The Hall–Kier alpha value is -3.45. The fourth-order valence-corrected chi connectivity index (χ4v) is 4.13. The summed E-state index contributed by atoms with van der Waals surface area (Å²) in [7, 11) is 0. The van der Waals surface area contributed by atoms with Crippen molar-refractivity contribution in [3.63, 3.8) is 0 Å². The molecule has 1 aromatic carbocycles. The van der Waals surface area contributed by atoms with Gasteiger partial charge in [-0.1, -0.05) is 12.1 Å². The van der Waals surface area contributed by atoms with Gasteiger partial charge in [0.25, 0.3) is 5.56 Å². The Morgan fingerprint density at radius 1 is 1.16 bits per heavy atom. The molecule has 5 rings (SSSR count). The highest BCUT2D eigenvalue weighted by atomic mass is 19.1. The van der Waals surface area contributed by atoms with Gasteiger partial charge in [0.05, 0.1) is 31.1 Å². The van der Waals surface area contributed by atoms with Crippen molar-refractivity contribution in [1.82, 2.24) is 14.5 Å². The Morgan fingerprint density at radius 3 is 2.77 bits per heavy atom. The zero-order chi connectivity index (χ0) is 21.4. The van der Waals surface area contributed by atoms with Crippen LogP contribution in [0.1, 0.15) is 18.5 Å². The minimum atomic E-state index is -0.309. The molecule has 0 radical (unpaired) electrons. The number of fused-ring (bicyclic) bond motifs is 1. The van der Waals surface area contributed by atoms with E-state index in [4.69, 9.17) is 4.74 Å². The maximum Gasteiger partial charge on any atom is 0.251 e. The number of nitrogens with one attached hydrogen (secondary N) is 1. The van der Waals surface area contributed by atoms with Crippen LogP contribution in [0.15, 0.2) is 65.8 Å². The standard InChI is InChI=1S/C24H23FN4O2/c1-16(17-3-2-4-19(25)11-17)29-6-5-18(12-23(29)30)22-15-27-24-21(22)13-20(14-26-24)28-7-9-31-10-8-28/h2-6,11-16H,7-10H2,1H3,(H,26,27). The summed E-state index contributed by atoms with van der Waals surface area (Å²) < 4.78 is 20.7. The van der Waals surface area contributed by atoms with E-state index in [1.165, 1.54) is 12.1 Å². The van der Waals surface area contributed by atoms with Gasteiger partial charge in [0.1, 0.15) is 11.5 Å². The van der Waals surface area contributed by atoms with Crippen LogP contribution in [0, 0.1) is 5.82 Å². The number of pyridine rings is 2. The number of nitrogens with zero attached hydrogens (tertiary/aromatic N) is 3. The molecule has 0 saturated carbocycles. The van der Waals surface area contributed by atoms with Crippen LogP contribution in [-0.4, -0.2) is 40.8 Å². The van der Waals surface area contributed by atoms with Gasteiger partial charge < -0.3 is 19.2 Å². The fraction of sp³-hybridized carbons (Fsp3) is 0.250. The molecule has 1 N–H and O–H groups in total. The molecule has 158 valence electrons. The summed E-state index contributed by atoms with van der Waals surface area (Å²) in [6.45, 7) is 4.97. The molecule has 1 aliphatic heterocycles. The highest BCUT2D eigenvalue weighted by molar-refractivity contribution is 5.95. The van der Waals surface area contributed by atoms with Gasteiger partial charge in [-0.05, 0) is 42.3 Å². The average Bonchev–Trinajstić information content (AvgIpc) is 3.22. The van der Waals surface area contributed by atoms with Crippen molar-refractivity contribution in [2.24, 2.45) is 0 Å².